The summed E-state index contributed by atoms with van der Waals surface area (Å²) in [5, 5.41) is 9.90. The van der Waals surface area contributed by atoms with Crippen molar-refractivity contribution in [1.82, 2.24) is 4.98 Å². The highest BCUT2D eigenvalue weighted by Crippen LogP contribution is 2.19. The number of aliphatic hydroxyl groups excluding tert-OH is 1. The summed E-state index contributed by atoms with van der Waals surface area (Å²) in [5.41, 5.74) is 0.989. The molecule has 16 heavy (non-hydrogen) atoms. The van der Waals surface area contributed by atoms with Gasteiger partial charge in [0.15, 0.2) is 0 Å². The molecule has 1 heterocycles. The van der Waals surface area contributed by atoms with Crippen LogP contribution in [0.25, 0.3) is 0 Å². The van der Waals surface area contributed by atoms with Gasteiger partial charge in [0.05, 0.1) is 6.10 Å². The fraction of sp³-hybridized carbons (Fsp3) is 0.643. The monoisotopic (exact) mass is 221 g/mol. The highest BCUT2D eigenvalue weighted by molar-refractivity contribution is 5.12. The van der Waals surface area contributed by atoms with Gasteiger partial charge in [0.25, 0.3) is 0 Å². The second kappa shape index (κ2) is 8.28. The molecule has 0 saturated heterocycles. The zero-order chi connectivity index (χ0) is 11.6. The molecule has 0 aliphatic carbocycles. The van der Waals surface area contributed by atoms with E-state index >= 15 is 0 Å². The van der Waals surface area contributed by atoms with Crippen LogP contribution in [0.5, 0.6) is 0 Å². The number of pyridine rings is 1. The van der Waals surface area contributed by atoms with Crippen molar-refractivity contribution in [3.8, 4) is 0 Å². The Balaban J connectivity index is 2.09. The lowest BCUT2D eigenvalue weighted by Gasteiger charge is -2.10. The molecule has 0 fully saturated rings. The zero-order valence-electron chi connectivity index (χ0n) is 10.2. The van der Waals surface area contributed by atoms with Crippen LogP contribution >= 0.6 is 0 Å². The Labute approximate surface area is 98.7 Å². The van der Waals surface area contributed by atoms with Crippen LogP contribution in [0.3, 0.4) is 0 Å². The van der Waals surface area contributed by atoms with E-state index in [4.69, 9.17) is 0 Å². The summed E-state index contributed by atoms with van der Waals surface area (Å²) < 4.78 is 0. The summed E-state index contributed by atoms with van der Waals surface area (Å²) in [6.45, 7) is 2.23. The first-order valence-electron chi connectivity index (χ1n) is 6.42. The molecular formula is C14H23NO. The highest BCUT2D eigenvalue weighted by Gasteiger charge is 2.05. The van der Waals surface area contributed by atoms with Gasteiger partial charge in [-0.25, -0.2) is 0 Å². The number of hydrogen-bond donors (Lipinski definition) is 1. The van der Waals surface area contributed by atoms with Crippen LogP contribution < -0.4 is 0 Å². The van der Waals surface area contributed by atoms with Crippen LogP contribution in [0.2, 0.25) is 0 Å². The van der Waals surface area contributed by atoms with Crippen LogP contribution in [0.15, 0.2) is 24.5 Å². The summed E-state index contributed by atoms with van der Waals surface area (Å²) in [7, 11) is 0. The van der Waals surface area contributed by atoms with Gasteiger partial charge in [-0.2, -0.15) is 0 Å². The van der Waals surface area contributed by atoms with Gasteiger partial charge < -0.3 is 5.11 Å². The Morgan fingerprint density at radius 2 is 1.69 bits per heavy atom. The van der Waals surface area contributed by atoms with E-state index in [9.17, 15) is 5.11 Å². The van der Waals surface area contributed by atoms with Crippen molar-refractivity contribution >= 4 is 0 Å². The molecule has 1 rings (SSSR count). The van der Waals surface area contributed by atoms with Crippen LogP contribution in [0.1, 0.15) is 63.5 Å². The van der Waals surface area contributed by atoms with Crippen molar-refractivity contribution in [3.05, 3.63) is 30.1 Å². The summed E-state index contributed by atoms with van der Waals surface area (Å²) in [5.74, 6) is 0. The molecule has 1 N–H and O–H groups in total. The Morgan fingerprint density at radius 1 is 1.06 bits per heavy atom. The number of aromatic nitrogens is 1. The van der Waals surface area contributed by atoms with Crippen molar-refractivity contribution in [1.29, 1.82) is 0 Å². The molecule has 0 aliphatic heterocycles. The van der Waals surface area contributed by atoms with Crippen molar-refractivity contribution in [2.75, 3.05) is 0 Å². The van der Waals surface area contributed by atoms with Crippen LogP contribution in [0.4, 0.5) is 0 Å². The van der Waals surface area contributed by atoms with E-state index in [1.807, 2.05) is 12.1 Å². The standard InChI is InChI=1S/C14H23NO/c1-2-3-4-5-6-7-8-14(16)13-9-11-15-12-10-13/h9-12,14,16H,2-8H2,1H3. The molecule has 0 amide bonds. The molecule has 0 bridgehead atoms. The van der Waals surface area contributed by atoms with E-state index in [-0.39, 0.29) is 6.10 Å². The molecule has 1 aromatic rings. The second-order valence-electron chi connectivity index (χ2n) is 4.35. The maximum Gasteiger partial charge on any atom is 0.0791 e. The Kier molecular flexibility index (Phi) is 6.82. The maximum atomic E-state index is 9.90. The minimum atomic E-state index is -0.311. The third kappa shape index (κ3) is 5.26. The SMILES string of the molecule is CCCCCCCCC(O)c1ccncc1. The average molecular weight is 221 g/mol. The molecule has 90 valence electrons. The van der Waals surface area contributed by atoms with Gasteiger partial charge in [-0.3, -0.25) is 4.98 Å². The average Bonchev–Trinajstić information content (AvgIpc) is 2.34. The van der Waals surface area contributed by atoms with E-state index in [0.29, 0.717) is 0 Å². The van der Waals surface area contributed by atoms with Crippen LogP contribution in [-0.4, -0.2) is 10.1 Å². The lowest BCUT2D eigenvalue weighted by molar-refractivity contribution is 0.163. The number of nitrogens with zero attached hydrogens (tertiary/aromatic N) is 1. The molecular weight excluding hydrogens is 198 g/mol. The largest absolute Gasteiger partial charge is 0.388 e. The maximum absolute atomic E-state index is 9.90. The minimum Gasteiger partial charge on any atom is -0.388 e. The Morgan fingerprint density at radius 3 is 2.38 bits per heavy atom. The summed E-state index contributed by atoms with van der Waals surface area (Å²) in [4.78, 5) is 3.95. The van der Waals surface area contributed by atoms with Crippen molar-refractivity contribution in [2.24, 2.45) is 0 Å². The van der Waals surface area contributed by atoms with Gasteiger partial charge in [-0.1, -0.05) is 45.4 Å². The van der Waals surface area contributed by atoms with Crippen LogP contribution in [0, 0.1) is 0 Å². The van der Waals surface area contributed by atoms with Gasteiger partial charge >= 0.3 is 0 Å². The third-order valence-electron chi connectivity index (χ3n) is 2.92. The van der Waals surface area contributed by atoms with Crippen molar-refractivity contribution in [2.45, 2.75) is 58.0 Å². The number of aliphatic hydroxyl groups is 1. The molecule has 0 radical (unpaired) electrons. The van der Waals surface area contributed by atoms with Crippen molar-refractivity contribution < 1.29 is 5.11 Å². The fourth-order valence-electron chi connectivity index (χ4n) is 1.87. The molecule has 0 aromatic carbocycles. The Hall–Kier alpha value is -0.890. The zero-order valence-corrected chi connectivity index (χ0v) is 10.2. The predicted molar refractivity (Wildman–Crippen MR) is 67.2 cm³/mol. The summed E-state index contributed by atoms with van der Waals surface area (Å²) in [6, 6.07) is 3.78. The quantitative estimate of drug-likeness (QED) is 0.676. The highest BCUT2D eigenvalue weighted by atomic mass is 16.3. The van der Waals surface area contributed by atoms with E-state index < -0.39 is 0 Å². The first kappa shape index (κ1) is 13.2. The van der Waals surface area contributed by atoms with Crippen LogP contribution in [-0.2, 0) is 0 Å². The molecule has 2 nitrogen and oxygen atoms in total. The van der Waals surface area contributed by atoms with E-state index in [2.05, 4.69) is 11.9 Å². The molecule has 0 aliphatic rings. The van der Waals surface area contributed by atoms with Gasteiger partial charge in [0, 0.05) is 12.4 Å². The van der Waals surface area contributed by atoms with E-state index in [1.165, 1.54) is 32.1 Å². The third-order valence-corrected chi connectivity index (χ3v) is 2.92. The molecule has 2 heteroatoms. The normalized spacial score (nSPS) is 12.6. The summed E-state index contributed by atoms with van der Waals surface area (Å²) >= 11 is 0. The molecule has 1 unspecified atom stereocenters. The number of rotatable bonds is 8. The number of hydrogen-bond acceptors (Lipinski definition) is 2. The topological polar surface area (TPSA) is 33.1 Å². The second-order valence-corrected chi connectivity index (χ2v) is 4.35. The molecule has 0 spiro atoms. The van der Waals surface area contributed by atoms with Gasteiger partial charge in [-0.15, -0.1) is 0 Å². The van der Waals surface area contributed by atoms with E-state index in [1.54, 1.807) is 12.4 Å². The predicted octanol–water partition coefficient (Wildman–Crippen LogP) is 3.87. The van der Waals surface area contributed by atoms with Gasteiger partial charge in [0.1, 0.15) is 0 Å². The summed E-state index contributed by atoms with van der Waals surface area (Å²) in [6.07, 6.45) is 11.7. The van der Waals surface area contributed by atoms with Gasteiger partial charge in [0.2, 0.25) is 0 Å². The lowest BCUT2D eigenvalue weighted by atomic mass is 10.0. The Bertz CT molecular complexity index is 261. The van der Waals surface area contributed by atoms with Crippen molar-refractivity contribution in [3.63, 3.8) is 0 Å². The lowest BCUT2D eigenvalue weighted by Crippen LogP contribution is -1.97. The fourth-order valence-corrected chi connectivity index (χ4v) is 1.87. The molecule has 1 aromatic heterocycles. The minimum absolute atomic E-state index is 0.311. The first-order valence-corrected chi connectivity index (χ1v) is 6.42. The number of unbranched alkanes of at least 4 members (excludes halogenated alkanes) is 5. The smallest absolute Gasteiger partial charge is 0.0791 e. The molecule has 1 atom stereocenters. The molecule has 0 saturated carbocycles. The van der Waals surface area contributed by atoms with E-state index in [0.717, 1.165) is 18.4 Å². The van der Waals surface area contributed by atoms with Gasteiger partial charge in [-0.05, 0) is 24.1 Å². The first-order chi connectivity index (χ1) is 7.84.